The van der Waals surface area contributed by atoms with Gasteiger partial charge in [0.15, 0.2) is 0 Å². The van der Waals surface area contributed by atoms with E-state index < -0.39 is 26.2 Å². The highest BCUT2D eigenvalue weighted by atomic mass is 32.2. The van der Waals surface area contributed by atoms with E-state index in [2.05, 4.69) is 0 Å². The lowest BCUT2D eigenvalue weighted by Crippen LogP contribution is -2.44. The van der Waals surface area contributed by atoms with Crippen molar-refractivity contribution in [3.05, 3.63) is 27.8 Å². The number of aryl methyl sites for hydroxylation is 1. The second-order valence-electron chi connectivity index (χ2n) is 5.57. The topological polar surface area (TPSA) is 107 Å². The maximum Gasteiger partial charge on any atom is 0.293 e. The first-order valence-corrected chi connectivity index (χ1v) is 7.92. The van der Waals surface area contributed by atoms with Gasteiger partial charge in [0.05, 0.1) is 9.82 Å². The minimum absolute atomic E-state index is 0.0474. The predicted molar refractivity (Wildman–Crippen MR) is 81.6 cm³/mol. The summed E-state index contributed by atoms with van der Waals surface area (Å²) in [6.07, 6.45) is 0.610. The van der Waals surface area contributed by atoms with Gasteiger partial charge in [0.2, 0.25) is 10.0 Å². The molecule has 0 radical (unpaired) electrons. The number of nitrogens with zero attached hydrogens (tertiary/aromatic N) is 2. The maximum absolute atomic E-state index is 12.7. The molecule has 0 unspecified atom stereocenters. The Hall–Kier alpha value is -1.67. The Morgan fingerprint density at radius 3 is 2.33 bits per heavy atom. The molecule has 0 aliphatic carbocycles. The van der Waals surface area contributed by atoms with Crippen LogP contribution in [-0.4, -0.2) is 30.2 Å². The lowest BCUT2D eigenvalue weighted by molar-refractivity contribution is -0.384. The average Bonchev–Trinajstić information content (AvgIpc) is 2.36. The Labute approximate surface area is 124 Å². The Balaban J connectivity index is 3.52. The number of benzene rings is 1. The Morgan fingerprint density at radius 1 is 1.38 bits per heavy atom. The van der Waals surface area contributed by atoms with E-state index in [4.69, 9.17) is 5.73 Å². The van der Waals surface area contributed by atoms with Gasteiger partial charge >= 0.3 is 0 Å². The molecule has 0 atom stereocenters. The Kier molecular flexibility index (Phi) is 4.64. The molecule has 0 heterocycles. The quantitative estimate of drug-likeness (QED) is 0.509. The molecular formula is C13H21N3O4S. The number of anilines is 1. The van der Waals surface area contributed by atoms with Gasteiger partial charge in [-0.15, -0.1) is 0 Å². The monoisotopic (exact) mass is 315 g/mol. The summed E-state index contributed by atoms with van der Waals surface area (Å²) in [4.78, 5) is 10.2. The van der Waals surface area contributed by atoms with Crippen LogP contribution >= 0.6 is 0 Å². The second kappa shape index (κ2) is 5.61. The molecule has 0 aliphatic rings. The third kappa shape index (κ3) is 3.16. The zero-order valence-corrected chi connectivity index (χ0v) is 13.7. The van der Waals surface area contributed by atoms with E-state index in [-0.39, 0.29) is 10.6 Å². The van der Waals surface area contributed by atoms with Crippen LogP contribution in [-0.2, 0) is 10.0 Å². The van der Waals surface area contributed by atoms with Crippen LogP contribution in [0.2, 0.25) is 0 Å². The van der Waals surface area contributed by atoms with Gasteiger partial charge in [0.25, 0.3) is 5.69 Å². The third-order valence-corrected chi connectivity index (χ3v) is 6.09. The molecule has 0 saturated heterocycles. The fourth-order valence-electron chi connectivity index (χ4n) is 1.83. The molecular weight excluding hydrogens is 294 g/mol. The van der Waals surface area contributed by atoms with Crippen LogP contribution < -0.4 is 5.73 Å². The fourth-order valence-corrected chi connectivity index (χ4v) is 3.63. The number of nitro benzene ring substituents is 1. The van der Waals surface area contributed by atoms with E-state index in [1.165, 1.54) is 17.4 Å². The first kappa shape index (κ1) is 17.4. The maximum atomic E-state index is 12.7. The molecule has 7 nitrogen and oxygen atoms in total. The zero-order chi connectivity index (χ0) is 16.6. The second-order valence-corrected chi connectivity index (χ2v) is 7.51. The lowest BCUT2D eigenvalue weighted by Gasteiger charge is -2.34. The van der Waals surface area contributed by atoms with Crippen molar-refractivity contribution in [3.8, 4) is 0 Å². The number of nitrogens with two attached hydrogens (primary N) is 1. The van der Waals surface area contributed by atoms with Crippen molar-refractivity contribution in [2.75, 3.05) is 12.8 Å². The van der Waals surface area contributed by atoms with Crippen molar-refractivity contribution in [1.82, 2.24) is 4.31 Å². The fraction of sp³-hybridized carbons (Fsp3) is 0.538. The SMILES string of the molecule is CCC(C)(C)N(C)S(=O)(=O)c1cc([N+](=O)[O-])c(N)cc1C. The normalized spacial score (nSPS) is 12.7. The highest BCUT2D eigenvalue weighted by molar-refractivity contribution is 7.89. The summed E-state index contributed by atoms with van der Waals surface area (Å²) in [6, 6.07) is 2.35. The molecule has 0 saturated carbocycles. The van der Waals surface area contributed by atoms with E-state index in [1.807, 2.05) is 6.92 Å². The van der Waals surface area contributed by atoms with Crippen molar-refractivity contribution < 1.29 is 13.3 Å². The van der Waals surface area contributed by atoms with E-state index in [0.29, 0.717) is 12.0 Å². The van der Waals surface area contributed by atoms with Crippen molar-refractivity contribution in [2.24, 2.45) is 0 Å². The van der Waals surface area contributed by atoms with Crippen LogP contribution in [0.15, 0.2) is 17.0 Å². The van der Waals surface area contributed by atoms with Crippen molar-refractivity contribution >= 4 is 21.4 Å². The van der Waals surface area contributed by atoms with Crippen molar-refractivity contribution in [1.29, 1.82) is 0 Å². The summed E-state index contributed by atoms with van der Waals surface area (Å²) in [7, 11) is -2.37. The van der Waals surface area contributed by atoms with Gasteiger partial charge < -0.3 is 5.73 Å². The summed E-state index contributed by atoms with van der Waals surface area (Å²) >= 11 is 0. The van der Waals surface area contributed by atoms with Gasteiger partial charge in [-0.05, 0) is 38.8 Å². The lowest BCUT2D eigenvalue weighted by atomic mass is 10.0. The van der Waals surface area contributed by atoms with Crippen LogP contribution in [0.4, 0.5) is 11.4 Å². The van der Waals surface area contributed by atoms with E-state index in [9.17, 15) is 18.5 Å². The molecule has 1 aromatic carbocycles. The molecule has 1 rings (SSSR count). The van der Waals surface area contributed by atoms with Crippen molar-refractivity contribution in [3.63, 3.8) is 0 Å². The summed E-state index contributed by atoms with van der Waals surface area (Å²) in [5, 5.41) is 11.0. The molecule has 0 amide bonds. The molecule has 2 N–H and O–H groups in total. The van der Waals surface area contributed by atoms with E-state index in [1.54, 1.807) is 20.8 Å². The molecule has 1 aromatic rings. The van der Waals surface area contributed by atoms with Crippen LogP contribution in [0, 0.1) is 17.0 Å². The summed E-state index contributed by atoms with van der Waals surface area (Å²) in [6.45, 7) is 7.04. The molecule has 0 aromatic heterocycles. The van der Waals surface area contributed by atoms with Gasteiger partial charge in [-0.25, -0.2) is 8.42 Å². The van der Waals surface area contributed by atoms with Crippen LogP contribution in [0.1, 0.15) is 32.8 Å². The predicted octanol–water partition coefficient (Wildman–Crippen LogP) is 2.29. The van der Waals surface area contributed by atoms with Gasteiger partial charge in [-0.3, -0.25) is 10.1 Å². The Bertz CT molecular complexity index is 668. The van der Waals surface area contributed by atoms with Crippen LogP contribution in [0.5, 0.6) is 0 Å². The van der Waals surface area contributed by atoms with E-state index in [0.717, 1.165) is 6.07 Å². The summed E-state index contributed by atoms with van der Waals surface area (Å²) < 4.78 is 26.7. The number of nitrogen functional groups attached to an aromatic ring is 1. The molecule has 0 bridgehead atoms. The van der Waals surface area contributed by atoms with Gasteiger partial charge in [0.1, 0.15) is 5.69 Å². The first-order chi connectivity index (χ1) is 9.45. The number of rotatable bonds is 5. The number of hydrogen-bond donors (Lipinski definition) is 1. The molecule has 118 valence electrons. The number of sulfonamides is 1. The standard InChI is InChI=1S/C13H21N3O4S/c1-6-13(3,4)15(5)21(19,20)12-8-11(16(17)18)10(14)7-9(12)2/h7-8H,6,14H2,1-5H3. The Morgan fingerprint density at radius 2 is 1.90 bits per heavy atom. The minimum atomic E-state index is -3.84. The molecule has 0 spiro atoms. The molecule has 21 heavy (non-hydrogen) atoms. The third-order valence-electron chi connectivity index (χ3n) is 3.88. The number of nitro groups is 1. The van der Waals surface area contributed by atoms with Gasteiger partial charge in [-0.2, -0.15) is 4.31 Å². The first-order valence-electron chi connectivity index (χ1n) is 6.48. The van der Waals surface area contributed by atoms with Crippen LogP contribution in [0.3, 0.4) is 0 Å². The summed E-state index contributed by atoms with van der Waals surface area (Å²) in [5.41, 5.74) is 4.91. The minimum Gasteiger partial charge on any atom is -0.393 e. The molecule has 0 fully saturated rings. The average molecular weight is 315 g/mol. The van der Waals surface area contributed by atoms with Gasteiger partial charge in [-0.1, -0.05) is 6.92 Å². The van der Waals surface area contributed by atoms with Crippen LogP contribution in [0.25, 0.3) is 0 Å². The number of hydrogen-bond acceptors (Lipinski definition) is 5. The van der Waals surface area contributed by atoms with E-state index >= 15 is 0 Å². The largest absolute Gasteiger partial charge is 0.393 e. The smallest absolute Gasteiger partial charge is 0.293 e. The van der Waals surface area contributed by atoms with Gasteiger partial charge in [0, 0.05) is 18.7 Å². The molecule has 0 aliphatic heterocycles. The van der Waals surface area contributed by atoms with Crippen molar-refractivity contribution in [2.45, 2.75) is 44.6 Å². The highest BCUT2D eigenvalue weighted by Gasteiger charge is 2.34. The zero-order valence-electron chi connectivity index (χ0n) is 12.9. The highest BCUT2D eigenvalue weighted by Crippen LogP contribution is 2.32. The molecule has 8 heteroatoms. The summed E-state index contributed by atoms with van der Waals surface area (Å²) in [5.74, 6) is 0.